The Morgan fingerprint density at radius 2 is 1.84 bits per heavy atom. The number of unbranched alkanes of at least 4 members (excludes halogenated alkanes) is 1. The van der Waals surface area contributed by atoms with Crippen molar-refractivity contribution in [2.75, 3.05) is 19.8 Å². The molecule has 1 saturated heterocycles. The summed E-state index contributed by atoms with van der Waals surface area (Å²) in [5.74, 6) is -2.79. The molecular weight excluding hydrogens is 493 g/mol. The van der Waals surface area contributed by atoms with Crippen LogP contribution in [0.25, 0.3) is 0 Å². The number of hydrogen-bond acceptors (Lipinski definition) is 4. The van der Waals surface area contributed by atoms with Crippen molar-refractivity contribution in [3.63, 3.8) is 0 Å². The van der Waals surface area contributed by atoms with Gasteiger partial charge in [0.1, 0.15) is 11.9 Å². The van der Waals surface area contributed by atoms with Crippen LogP contribution in [0.1, 0.15) is 68.4 Å². The molecule has 1 aliphatic rings. The number of rotatable bonds is 12. The molecular formula is C29H37F3N4O2. The lowest BCUT2D eigenvalue weighted by Gasteiger charge is -2.30. The van der Waals surface area contributed by atoms with Crippen molar-refractivity contribution in [3.05, 3.63) is 82.7 Å². The molecule has 0 spiro atoms. The van der Waals surface area contributed by atoms with E-state index in [1.54, 1.807) is 12.1 Å². The lowest BCUT2D eigenvalue weighted by atomic mass is 9.93. The van der Waals surface area contributed by atoms with Gasteiger partial charge in [-0.2, -0.15) is 0 Å². The summed E-state index contributed by atoms with van der Waals surface area (Å²) in [6, 6.07) is 9.03. The van der Waals surface area contributed by atoms with E-state index in [2.05, 4.69) is 34.8 Å². The Morgan fingerprint density at radius 1 is 1.11 bits per heavy atom. The molecule has 9 heteroatoms. The zero-order valence-electron chi connectivity index (χ0n) is 22.2. The minimum absolute atomic E-state index is 0.0213. The highest BCUT2D eigenvalue weighted by Gasteiger charge is 2.25. The maximum Gasteiger partial charge on any atom is 0.258 e. The molecule has 1 fully saturated rings. The number of halogens is 3. The molecule has 1 amide bonds. The second-order valence-corrected chi connectivity index (χ2v) is 9.31. The molecule has 1 aliphatic heterocycles. The Balaban J connectivity index is 1.87. The fourth-order valence-electron chi connectivity index (χ4n) is 4.24. The van der Waals surface area contributed by atoms with Crippen LogP contribution in [0.2, 0.25) is 0 Å². The number of allylic oxidation sites excluding steroid dienone is 1. The minimum atomic E-state index is -1.10. The number of hydrogen-bond donors (Lipinski definition) is 3. The fourth-order valence-corrected chi connectivity index (χ4v) is 4.24. The summed E-state index contributed by atoms with van der Waals surface area (Å²) >= 11 is 0. The SMILES string of the molecule is CC=C(CC)C(CC(NCCCC)c1ccc(F)cc1)NC(=NC1COC1)NC(=O)c1ccc(F)c(F)c1. The highest BCUT2D eigenvalue weighted by atomic mass is 19.2. The Labute approximate surface area is 222 Å². The van der Waals surface area contributed by atoms with E-state index in [0.717, 1.165) is 49.1 Å². The lowest BCUT2D eigenvalue weighted by Crippen LogP contribution is -2.49. The molecule has 1 heterocycles. The van der Waals surface area contributed by atoms with Gasteiger partial charge in [0.15, 0.2) is 17.6 Å². The highest BCUT2D eigenvalue weighted by molar-refractivity contribution is 6.05. The third-order valence-corrected chi connectivity index (χ3v) is 6.55. The van der Waals surface area contributed by atoms with Crippen LogP contribution < -0.4 is 16.0 Å². The molecule has 2 aromatic carbocycles. The van der Waals surface area contributed by atoms with Crippen LogP contribution in [-0.4, -0.2) is 43.7 Å². The van der Waals surface area contributed by atoms with E-state index in [0.29, 0.717) is 19.6 Å². The van der Waals surface area contributed by atoms with Crippen LogP contribution in [0.3, 0.4) is 0 Å². The first-order valence-electron chi connectivity index (χ1n) is 13.2. The summed E-state index contributed by atoms with van der Waals surface area (Å²) in [6.07, 6.45) is 5.43. The predicted molar refractivity (Wildman–Crippen MR) is 144 cm³/mol. The molecule has 2 atom stereocenters. The van der Waals surface area contributed by atoms with Gasteiger partial charge in [-0.1, -0.05) is 44.1 Å². The number of nitrogens with one attached hydrogen (secondary N) is 3. The van der Waals surface area contributed by atoms with Crippen molar-refractivity contribution >= 4 is 11.9 Å². The van der Waals surface area contributed by atoms with Gasteiger partial charge in [0.2, 0.25) is 0 Å². The van der Waals surface area contributed by atoms with E-state index in [1.165, 1.54) is 18.2 Å². The van der Waals surface area contributed by atoms with Crippen LogP contribution in [0.4, 0.5) is 13.2 Å². The van der Waals surface area contributed by atoms with Gasteiger partial charge in [0, 0.05) is 11.6 Å². The molecule has 6 nitrogen and oxygen atoms in total. The van der Waals surface area contributed by atoms with Crippen molar-refractivity contribution < 1.29 is 22.7 Å². The van der Waals surface area contributed by atoms with Gasteiger partial charge in [0.05, 0.1) is 19.3 Å². The summed E-state index contributed by atoms with van der Waals surface area (Å²) in [6.45, 7) is 7.79. The van der Waals surface area contributed by atoms with Crippen LogP contribution in [-0.2, 0) is 4.74 Å². The summed E-state index contributed by atoms with van der Waals surface area (Å²) in [5.41, 5.74) is 2.04. The average Bonchev–Trinajstić information content (AvgIpc) is 2.88. The Kier molecular flexibility index (Phi) is 11.4. The third kappa shape index (κ3) is 8.43. The van der Waals surface area contributed by atoms with E-state index in [9.17, 15) is 18.0 Å². The Hall–Kier alpha value is -3.17. The van der Waals surface area contributed by atoms with Crippen molar-refractivity contribution in [1.82, 2.24) is 16.0 Å². The van der Waals surface area contributed by atoms with Gasteiger partial charge in [0.25, 0.3) is 5.91 Å². The smallest absolute Gasteiger partial charge is 0.258 e. The minimum Gasteiger partial charge on any atom is -0.377 e. The first kappa shape index (κ1) is 29.4. The zero-order valence-corrected chi connectivity index (χ0v) is 22.2. The number of amides is 1. The highest BCUT2D eigenvalue weighted by Crippen LogP contribution is 2.24. The Bertz CT molecular complexity index is 1120. The first-order valence-corrected chi connectivity index (χ1v) is 13.2. The maximum absolute atomic E-state index is 13.8. The van der Waals surface area contributed by atoms with Crippen LogP contribution >= 0.6 is 0 Å². The number of carbonyl (C=O) groups is 1. The van der Waals surface area contributed by atoms with Gasteiger partial charge in [-0.3, -0.25) is 10.1 Å². The Morgan fingerprint density at radius 3 is 2.42 bits per heavy atom. The van der Waals surface area contributed by atoms with Gasteiger partial charge in [-0.05, 0) is 68.6 Å². The van der Waals surface area contributed by atoms with Crippen molar-refractivity contribution in [2.24, 2.45) is 4.99 Å². The third-order valence-electron chi connectivity index (χ3n) is 6.55. The van der Waals surface area contributed by atoms with Gasteiger partial charge >= 0.3 is 0 Å². The molecule has 0 saturated carbocycles. The van der Waals surface area contributed by atoms with Crippen molar-refractivity contribution in [2.45, 2.75) is 64.6 Å². The normalized spacial score (nSPS) is 16.1. The molecule has 0 radical (unpaired) electrons. The molecule has 2 unspecified atom stereocenters. The molecule has 2 aromatic rings. The van der Waals surface area contributed by atoms with Gasteiger partial charge in [-0.15, -0.1) is 0 Å². The number of aliphatic imine (C=N–C) groups is 1. The van der Waals surface area contributed by atoms with Gasteiger partial charge < -0.3 is 15.4 Å². The average molecular weight is 531 g/mol. The quantitative estimate of drug-likeness (QED) is 0.148. The summed E-state index contributed by atoms with van der Waals surface area (Å²) < 4.78 is 46.0. The van der Waals surface area contributed by atoms with Crippen LogP contribution in [0.15, 0.2) is 59.1 Å². The van der Waals surface area contributed by atoms with E-state index in [1.807, 2.05) is 13.0 Å². The number of ether oxygens (including phenoxy) is 1. The van der Waals surface area contributed by atoms with E-state index in [-0.39, 0.29) is 35.5 Å². The first-order chi connectivity index (χ1) is 18.3. The molecule has 206 valence electrons. The second kappa shape index (κ2) is 14.7. The standard InChI is InChI=1S/C29H37F3N4O2/c1-4-7-14-33-26(20-8-11-22(30)12-9-20)16-27(19(5-2)6-3)35-29(34-23-17-38-18-23)36-28(37)21-10-13-24(31)25(32)15-21/h5,8-13,15,23,26-27,33H,4,6-7,14,16-18H2,1-3H3,(H2,34,35,36,37). The zero-order chi connectivity index (χ0) is 27.5. The van der Waals surface area contributed by atoms with Gasteiger partial charge in [-0.25, -0.2) is 18.2 Å². The van der Waals surface area contributed by atoms with Crippen LogP contribution in [0.5, 0.6) is 0 Å². The number of nitrogens with zero attached hydrogens (tertiary/aromatic N) is 1. The van der Waals surface area contributed by atoms with Crippen molar-refractivity contribution in [1.29, 1.82) is 0 Å². The number of carbonyl (C=O) groups excluding carboxylic acids is 1. The molecule has 3 rings (SSSR count). The monoisotopic (exact) mass is 530 g/mol. The van der Waals surface area contributed by atoms with E-state index < -0.39 is 17.5 Å². The summed E-state index contributed by atoms with van der Waals surface area (Å²) in [7, 11) is 0. The molecule has 38 heavy (non-hydrogen) atoms. The predicted octanol–water partition coefficient (Wildman–Crippen LogP) is 5.42. The topological polar surface area (TPSA) is 74.8 Å². The molecule has 0 aliphatic carbocycles. The molecule has 0 bridgehead atoms. The number of guanidine groups is 1. The summed E-state index contributed by atoms with van der Waals surface area (Å²) in [5, 5.41) is 9.73. The summed E-state index contributed by atoms with van der Waals surface area (Å²) in [4.78, 5) is 17.6. The number of benzene rings is 2. The second-order valence-electron chi connectivity index (χ2n) is 9.31. The molecule has 0 aromatic heterocycles. The van der Waals surface area contributed by atoms with Crippen molar-refractivity contribution in [3.8, 4) is 0 Å². The molecule has 3 N–H and O–H groups in total. The van der Waals surface area contributed by atoms with E-state index in [4.69, 9.17) is 4.74 Å². The maximum atomic E-state index is 13.8. The fraction of sp³-hybridized carbons (Fsp3) is 0.448. The van der Waals surface area contributed by atoms with Crippen LogP contribution in [0, 0.1) is 17.5 Å². The van der Waals surface area contributed by atoms with E-state index >= 15 is 0 Å². The largest absolute Gasteiger partial charge is 0.377 e. The lowest BCUT2D eigenvalue weighted by molar-refractivity contribution is 0.0130.